The van der Waals surface area contributed by atoms with Gasteiger partial charge in [-0.15, -0.1) is 0 Å². The molecule has 2 aromatic rings. The molecule has 0 saturated heterocycles. The Labute approximate surface area is 333 Å². The summed E-state index contributed by atoms with van der Waals surface area (Å²) in [5, 5.41) is 51.2. The van der Waals surface area contributed by atoms with Gasteiger partial charge >= 0.3 is 0 Å². The highest BCUT2D eigenvalue weighted by Crippen LogP contribution is 2.49. The molecule has 0 aromatic heterocycles. The molecule has 15 nitrogen and oxygen atoms in total. The Morgan fingerprint density at radius 2 is 1.35 bits per heavy atom. The van der Waals surface area contributed by atoms with Gasteiger partial charge in [0.1, 0.15) is 29.3 Å². The normalized spacial score (nSPS) is 14.5. The number of carbonyl (C=O) groups is 6. The number of phenolic OH excluding ortho intramolecular Hbond substituents is 3. The van der Waals surface area contributed by atoms with Crippen LogP contribution in [0.15, 0.2) is 35.9 Å². The maximum Gasteiger partial charge on any atom is 0.243 e. The number of benzene rings is 2. The molecule has 3 rings (SSSR count). The van der Waals surface area contributed by atoms with Crippen molar-refractivity contribution >= 4 is 40.9 Å². The van der Waals surface area contributed by atoms with Crippen molar-refractivity contribution in [2.75, 3.05) is 0 Å². The Morgan fingerprint density at radius 3 is 1.95 bits per heavy atom. The van der Waals surface area contributed by atoms with E-state index in [1.54, 1.807) is 13.0 Å². The number of aliphatic hydroxyl groups is 1. The summed E-state index contributed by atoms with van der Waals surface area (Å²) in [5.41, 5.74) is 11.3. The van der Waals surface area contributed by atoms with Gasteiger partial charge in [-0.05, 0) is 61.9 Å². The molecule has 0 heterocycles. The quantitative estimate of drug-likeness (QED) is 0.0696. The number of phenols is 3. The van der Waals surface area contributed by atoms with Gasteiger partial charge in [0.15, 0.2) is 5.78 Å². The summed E-state index contributed by atoms with van der Waals surface area (Å²) in [4.78, 5) is 78.8. The zero-order valence-corrected chi connectivity index (χ0v) is 33.4. The second kappa shape index (κ2) is 21.8. The predicted molar refractivity (Wildman–Crippen MR) is 214 cm³/mol. The number of unbranched alkanes of at least 4 members (excludes halogenated alkanes) is 6. The van der Waals surface area contributed by atoms with Crippen LogP contribution in [-0.2, 0) is 24.0 Å². The Bertz CT molecular complexity index is 1800. The predicted octanol–water partition coefficient (Wildman–Crippen LogP) is 3.64. The van der Waals surface area contributed by atoms with Gasteiger partial charge in [-0.1, -0.05) is 71.8 Å². The molecule has 1 aliphatic rings. The summed E-state index contributed by atoms with van der Waals surface area (Å²) in [6.07, 6.45) is 5.08. The first kappa shape index (κ1) is 45.9. The van der Waals surface area contributed by atoms with Crippen molar-refractivity contribution in [1.29, 1.82) is 0 Å². The summed E-state index contributed by atoms with van der Waals surface area (Å²) in [5.74, 6) is -6.09. The zero-order chi connectivity index (χ0) is 42.4. The number of rotatable bonds is 24. The van der Waals surface area contributed by atoms with E-state index in [0.717, 1.165) is 32.1 Å². The minimum absolute atomic E-state index is 0.00478. The number of fused-ring (bicyclic) bond motifs is 1. The number of primary amides is 2. The Balaban J connectivity index is 1.91. The number of nitrogens with two attached hydrogens (primary N) is 2. The lowest BCUT2D eigenvalue weighted by molar-refractivity contribution is -0.134. The van der Waals surface area contributed by atoms with Crippen molar-refractivity contribution in [3.8, 4) is 17.2 Å². The van der Waals surface area contributed by atoms with Crippen LogP contribution in [0.25, 0.3) is 5.57 Å². The third kappa shape index (κ3) is 13.3. The van der Waals surface area contributed by atoms with E-state index in [4.69, 9.17) is 11.5 Å². The van der Waals surface area contributed by atoms with Gasteiger partial charge in [0.05, 0.1) is 30.6 Å². The monoisotopic (exact) mass is 793 g/mol. The number of nitrogens with one attached hydrogen (secondary N) is 3. The van der Waals surface area contributed by atoms with Crippen LogP contribution in [0.5, 0.6) is 17.2 Å². The van der Waals surface area contributed by atoms with Crippen molar-refractivity contribution in [3.05, 3.63) is 58.2 Å². The number of carbonyl (C=O) groups excluding carboxylic acids is 6. The van der Waals surface area contributed by atoms with Crippen molar-refractivity contribution in [2.24, 2.45) is 17.4 Å². The first-order valence-corrected chi connectivity index (χ1v) is 19.7. The molecule has 15 heteroatoms. The third-order valence-electron chi connectivity index (χ3n) is 9.84. The topological polar surface area (TPSA) is 271 Å². The summed E-state index contributed by atoms with van der Waals surface area (Å²) in [6.45, 7) is 7.48. The highest BCUT2D eigenvalue weighted by atomic mass is 16.3. The van der Waals surface area contributed by atoms with E-state index in [0.29, 0.717) is 18.4 Å². The summed E-state index contributed by atoms with van der Waals surface area (Å²) in [7, 11) is 0. The molecule has 0 saturated carbocycles. The average molecular weight is 794 g/mol. The molecular formula is C42H59N5O10. The molecule has 5 amide bonds. The van der Waals surface area contributed by atoms with E-state index < -0.39 is 77.5 Å². The minimum Gasteiger partial charge on any atom is -0.507 e. The fraction of sp³-hybridized carbons (Fsp3) is 0.524. The Kier molecular flexibility index (Phi) is 17.5. The molecule has 4 atom stereocenters. The molecular weight excluding hydrogens is 734 g/mol. The van der Waals surface area contributed by atoms with Crippen LogP contribution in [0.3, 0.4) is 0 Å². The molecule has 0 unspecified atom stereocenters. The lowest BCUT2D eigenvalue weighted by Gasteiger charge is -2.27. The molecule has 312 valence electrons. The van der Waals surface area contributed by atoms with Crippen molar-refractivity contribution in [1.82, 2.24) is 16.0 Å². The maximum atomic E-state index is 14.3. The average Bonchev–Trinajstić information content (AvgIpc) is 3.39. The van der Waals surface area contributed by atoms with Crippen LogP contribution in [-0.4, -0.2) is 80.0 Å². The highest BCUT2D eigenvalue weighted by Gasteiger charge is 2.40. The van der Waals surface area contributed by atoms with Gasteiger partial charge in [0.25, 0.3) is 0 Å². The minimum atomic E-state index is -1.54. The maximum absolute atomic E-state index is 14.3. The number of aliphatic hydroxyl groups excluding tert-OH is 1. The molecule has 0 bridgehead atoms. The SMILES string of the molecule is CCCCCCCCC[C@@H](O)CC(=O)N[C@@H](CC(N)=O)C(=O)N[C@@H](CCC(N)=O)C(=O)N[C@H](CC(C)C)C1=C(c2c(O)cccc2O)c2c(O)cc(C)cc2C1=O. The van der Waals surface area contributed by atoms with Crippen LogP contribution in [0, 0.1) is 12.8 Å². The first-order chi connectivity index (χ1) is 26.9. The van der Waals surface area contributed by atoms with Gasteiger partial charge < -0.3 is 47.8 Å². The summed E-state index contributed by atoms with van der Waals surface area (Å²) < 4.78 is 0. The molecule has 1 aliphatic carbocycles. The van der Waals surface area contributed by atoms with E-state index in [-0.39, 0.29) is 65.2 Å². The molecule has 2 aromatic carbocycles. The highest BCUT2D eigenvalue weighted by molar-refractivity contribution is 6.25. The fourth-order valence-corrected chi connectivity index (χ4v) is 7.12. The number of hydrogen-bond donors (Lipinski definition) is 9. The van der Waals surface area contributed by atoms with Gasteiger partial charge in [-0.3, -0.25) is 28.8 Å². The second-order valence-corrected chi connectivity index (χ2v) is 15.3. The Hall–Kier alpha value is -5.44. The molecule has 0 aliphatic heterocycles. The van der Waals surface area contributed by atoms with E-state index in [1.807, 2.05) is 13.8 Å². The van der Waals surface area contributed by atoms with Crippen LogP contribution in [0.4, 0.5) is 0 Å². The summed E-state index contributed by atoms with van der Waals surface area (Å²) in [6, 6.07) is 2.84. The van der Waals surface area contributed by atoms with Crippen LogP contribution in [0.1, 0.15) is 131 Å². The van der Waals surface area contributed by atoms with E-state index in [9.17, 15) is 49.2 Å². The van der Waals surface area contributed by atoms with Crippen LogP contribution >= 0.6 is 0 Å². The lowest BCUT2D eigenvalue weighted by atomic mass is 9.89. The number of aryl methyl sites for hydroxylation is 1. The Morgan fingerprint density at radius 1 is 0.737 bits per heavy atom. The smallest absolute Gasteiger partial charge is 0.243 e. The molecule has 57 heavy (non-hydrogen) atoms. The largest absolute Gasteiger partial charge is 0.507 e. The fourth-order valence-electron chi connectivity index (χ4n) is 7.12. The number of ketones is 1. The second-order valence-electron chi connectivity index (χ2n) is 15.3. The number of Topliss-reactive ketones (excluding diaryl/α,β-unsaturated/α-hetero) is 1. The van der Waals surface area contributed by atoms with E-state index >= 15 is 0 Å². The van der Waals surface area contributed by atoms with E-state index in [2.05, 4.69) is 22.9 Å². The molecule has 0 radical (unpaired) electrons. The first-order valence-electron chi connectivity index (χ1n) is 19.7. The number of aromatic hydroxyl groups is 3. The molecule has 0 fully saturated rings. The van der Waals surface area contributed by atoms with Gasteiger partial charge in [-0.2, -0.15) is 0 Å². The summed E-state index contributed by atoms with van der Waals surface area (Å²) >= 11 is 0. The van der Waals surface area contributed by atoms with Crippen molar-refractivity contribution in [3.63, 3.8) is 0 Å². The van der Waals surface area contributed by atoms with Crippen molar-refractivity contribution in [2.45, 2.75) is 135 Å². The van der Waals surface area contributed by atoms with Gasteiger partial charge in [0, 0.05) is 28.7 Å². The van der Waals surface area contributed by atoms with Gasteiger partial charge in [0.2, 0.25) is 29.5 Å². The van der Waals surface area contributed by atoms with Gasteiger partial charge in [-0.25, -0.2) is 0 Å². The van der Waals surface area contributed by atoms with E-state index in [1.165, 1.54) is 30.7 Å². The van der Waals surface area contributed by atoms with Crippen molar-refractivity contribution < 1.29 is 49.2 Å². The third-order valence-corrected chi connectivity index (χ3v) is 9.84. The van der Waals surface area contributed by atoms with Crippen LogP contribution in [0.2, 0.25) is 0 Å². The molecule has 11 N–H and O–H groups in total. The standard InChI is InChI=1S/C42H59N5O10/c1-5-6-7-8-9-10-11-13-25(48)21-35(54)45-29(22-34(44)53)42(57)46-27(16-17-33(43)52)41(56)47-28(18-23(2)3)37-39(38-30(49)14-12-15-31(38)50)36-26(40(37)55)19-24(4)20-32(36)51/h12,14-15,19-20,23,25,27-29,48-51H,5-11,13,16-18,21-22H2,1-4H3,(H2,43,52)(H2,44,53)(H,45,54)(H,46,57)(H,47,56)/t25-,27+,28-,29+/m1/s1. The number of amides is 5. The number of hydrogen-bond acceptors (Lipinski definition) is 10. The molecule has 0 spiro atoms. The lowest BCUT2D eigenvalue weighted by Crippen LogP contribution is -2.56. The zero-order valence-electron chi connectivity index (χ0n) is 33.4. The van der Waals surface area contributed by atoms with Crippen LogP contribution < -0.4 is 27.4 Å².